The van der Waals surface area contributed by atoms with Crippen LogP contribution in [0.5, 0.6) is 0 Å². The maximum absolute atomic E-state index is 12.1. The fraction of sp³-hybridized carbons (Fsp3) is 0.778. The third-order valence-electron chi connectivity index (χ3n) is 2.51. The van der Waals surface area contributed by atoms with Crippen molar-refractivity contribution in [1.29, 1.82) is 0 Å². The number of rotatable bonds is 1. The summed E-state index contributed by atoms with van der Waals surface area (Å²) in [5, 5.41) is 0. The van der Waals surface area contributed by atoms with Crippen molar-refractivity contribution in [2.75, 3.05) is 0 Å². The second kappa shape index (κ2) is 4.38. The van der Waals surface area contributed by atoms with Gasteiger partial charge < -0.3 is 5.73 Å². The molecular weight excluding hydrogens is 306 g/mol. The van der Waals surface area contributed by atoms with Gasteiger partial charge in [0.15, 0.2) is 0 Å². The Balaban J connectivity index is 2.75. The average Bonchev–Trinajstić information content (AvgIpc) is 2.02. The lowest BCUT2D eigenvalue weighted by molar-refractivity contribution is -0.0805. The summed E-state index contributed by atoms with van der Waals surface area (Å²) in [6.07, 6.45) is 0.340. The molecule has 0 radical (unpaired) electrons. The van der Waals surface area contributed by atoms with Crippen molar-refractivity contribution in [1.82, 2.24) is 0 Å². The summed E-state index contributed by atoms with van der Waals surface area (Å²) in [7, 11) is 0. The Labute approximate surface area is 95.1 Å². The monoisotopic (exact) mass is 319 g/mol. The van der Waals surface area contributed by atoms with Crippen molar-refractivity contribution in [2.45, 2.75) is 43.8 Å². The smallest absolute Gasteiger partial charge is 0.321 e. The maximum atomic E-state index is 12.1. The number of halogens is 4. The molecule has 1 saturated carbocycles. The van der Waals surface area contributed by atoms with E-state index in [1.165, 1.54) is 0 Å². The van der Waals surface area contributed by atoms with Crippen LogP contribution in [-0.4, -0.2) is 11.7 Å². The highest BCUT2D eigenvalue weighted by Gasteiger charge is 2.34. The Morgan fingerprint density at radius 2 is 1.71 bits per heavy atom. The maximum Gasteiger partial charge on any atom is 0.410 e. The van der Waals surface area contributed by atoms with Crippen LogP contribution >= 0.6 is 22.6 Å². The van der Waals surface area contributed by atoms with E-state index in [-0.39, 0.29) is 3.58 Å². The number of allylic oxidation sites excluding steroid dienone is 1. The van der Waals surface area contributed by atoms with Crippen LogP contribution in [0, 0.1) is 0 Å². The fourth-order valence-corrected chi connectivity index (χ4v) is 2.60. The molecule has 1 fully saturated rings. The molecule has 82 valence electrons. The highest BCUT2D eigenvalue weighted by Crippen LogP contribution is 2.37. The highest BCUT2D eigenvalue weighted by atomic mass is 127. The summed E-state index contributed by atoms with van der Waals surface area (Å²) < 4.78 is 36.5. The van der Waals surface area contributed by atoms with Crippen molar-refractivity contribution in [2.24, 2.45) is 5.73 Å². The molecule has 5 heteroatoms. The van der Waals surface area contributed by atoms with Gasteiger partial charge in [-0.2, -0.15) is 13.2 Å². The van der Waals surface area contributed by atoms with Crippen LogP contribution in [0.1, 0.15) is 32.1 Å². The quantitative estimate of drug-likeness (QED) is 0.735. The zero-order valence-corrected chi connectivity index (χ0v) is 9.86. The van der Waals surface area contributed by atoms with Gasteiger partial charge in [-0.1, -0.05) is 19.3 Å². The van der Waals surface area contributed by atoms with Gasteiger partial charge in [-0.25, -0.2) is 0 Å². The summed E-state index contributed by atoms with van der Waals surface area (Å²) in [5.74, 6) is 0. The zero-order chi connectivity index (χ0) is 10.8. The van der Waals surface area contributed by atoms with Crippen molar-refractivity contribution < 1.29 is 13.2 Å². The summed E-state index contributed by atoms with van der Waals surface area (Å²) in [6, 6.07) is 0. The molecule has 0 aromatic heterocycles. The van der Waals surface area contributed by atoms with E-state index < -0.39 is 11.7 Å². The molecule has 2 N–H and O–H groups in total. The first kappa shape index (κ1) is 12.3. The van der Waals surface area contributed by atoms with E-state index in [0.717, 1.165) is 19.3 Å². The van der Waals surface area contributed by atoms with Gasteiger partial charge in [0.2, 0.25) is 0 Å². The van der Waals surface area contributed by atoms with E-state index in [1.54, 1.807) is 22.6 Å². The van der Waals surface area contributed by atoms with E-state index in [0.29, 0.717) is 18.9 Å². The molecule has 0 aromatic rings. The van der Waals surface area contributed by atoms with Crippen molar-refractivity contribution in [3.63, 3.8) is 0 Å². The molecule has 0 atom stereocenters. The SMILES string of the molecule is NC1(/C(I)=C/C(F)(F)F)CCCCC1. The molecule has 0 heterocycles. The number of hydrogen-bond donors (Lipinski definition) is 1. The average molecular weight is 319 g/mol. The van der Waals surface area contributed by atoms with Crippen LogP contribution in [0.3, 0.4) is 0 Å². The predicted molar refractivity (Wildman–Crippen MR) is 58.2 cm³/mol. The Bertz CT molecular complexity index is 229. The van der Waals surface area contributed by atoms with Crippen LogP contribution in [-0.2, 0) is 0 Å². The summed E-state index contributed by atoms with van der Waals surface area (Å²) in [4.78, 5) is 0. The van der Waals surface area contributed by atoms with E-state index >= 15 is 0 Å². The van der Waals surface area contributed by atoms with Gasteiger partial charge in [0, 0.05) is 15.2 Å². The minimum absolute atomic E-state index is 0.238. The largest absolute Gasteiger partial charge is 0.410 e. The first-order chi connectivity index (χ1) is 6.33. The van der Waals surface area contributed by atoms with Gasteiger partial charge in [0.05, 0.1) is 0 Å². The highest BCUT2D eigenvalue weighted by molar-refractivity contribution is 14.1. The Kier molecular flexibility index (Phi) is 3.85. The molecular formula is C9H13F3IN. The van der Waals surface area contributed by atoms with Crippen LogP contribution < -0.4 is 5.73 Å². The summed E-state index contributed by atoms with van der Waals surface area (Å²) in [6.45, 7) is 0. The standard InChI is InChI=1S/C9H13F3IN/c10-9(11,12)6-7(13)8(14)4-2-1-3-5-8/h6H,1-5,14H2/b7-6-. The van der Waals surface area contributed by atoms with Crippen LogP contribution in [0.2, 0.25) is 0 Å². The van der Waals surface area contributed by atoms with Crippen LogP contribution in [0.25, 0.3) is 0 Å². The fourth-order valence-electron chi connectivity index (χ4n) is 1.71. The molecule has 14 heavy (non-hydrogen) atoms. The second-order valence-corrected chi connectivity index (χ2v) is 4.91. The van der Waals surface area contributed by atoms with Gasteiger partial charge >= 0.3 is 6.18 Å². The van der Waals surface area contributed by atoms with Gasteiger partial charge in [0.1, 0.15) is 0 Å². The predicted octanol–water partition coefficient (Wildman–Crippen LogP) is 3.53. The summed E-state index contributed by atoms with van der Waals surface area (Å²) >= 11 is 1.72. The molecule has 1 aliphatic rings. The van der Waals surface area contributed by atoms with Gasteiger partial charge in [-0.3, -0.25) is 0 Å². The van der Waals surface area contributed by atoms with E-state index in [1.807, 2.05) is 0 Å². The van der Waals surface area contributed by atoms with Crippen LogP contribution in [0.15, 0.2) is 9.66 Å². The van der Waals surface area contributed by atoms with E-state index in [4.69, 9.17) is 5.73 Å². The lowest BCUT2D eigenvalue weighted by Crippen LogP contribution is -2.42. The van der Waals surface area contributed by atoms with E-state index in [9.17, 15) is 13.2 Å². The van der Waals surface area contributed by atoms with Gasteiger partial charge in [-0.05, 0) is 35.4 Å². The molecule has 0 aromatic carbocycles. The second-order valence-electron chi connectivity index (χ2n) is 3.75. The first-order valence-electron chi connectivity index (χ1n) is 4.58. The molecule has 1 nitrogen and oxygen atoms in total. The molecule has 1 rings (SSSR count). The minimum Gasteiger partial charge on any atom is -0.321 e. The Hall–Kier alpha value is 0.220. The van der Waals surface area contributed by atoms with Gasteiger partial charge in [-0.15, -0.1) is 0 Å². The molecule has 0 amide bonds. The van der Waals surface area contributed by atoms with Crippen molar-refractivity contribution in [3.05, 3.63) is 9.66 Å². The Morgan fingerprint density at radius 1 is 1.21 bits per heavy atom. The molecule has 0 bridgehead atoms. The molecule has 1 aliphatic carbocycles. The first-order valence-corrected chi connectivity index (χ1v) is 5.66. The lowest BCUT2D eigenvalue weighted by atomic mass is 9.82. The lowest BCUT2D eigenvalue weighted by Gasteiger charge is -2.33. The van der Waals surface area contributed by atoms with Crippen molar-refractivity contribution in [3.8, 4) is 0 Å². The van der Waals surface area contributed by atoms with Crippen molar-refractivity contribution >= 4 is 22.6 Å². The molecule has 0 unspecified atom stereocenters. The summed E-state index contributed by atoms with van der Waals surface area (Å²) in [5.41, 5.74) is 5.21. The van der Waals surface area contributed by atoms with Gasteiger partial charge in [0.25, 0.3) is 0 Å². The Morgan fingerprint density at radius 3 is 2.14 bits per heavy atom. The number of nitrogens with two attached hydrogens (primary N) is 1. The minimum atomic E-state index is -4.25. The number of alkyl halides is 3. The molecule has 0 aliphatic heterocycles. The number of hydrogen-bond acceptors (Lipinski definition) is 1. The van der Waals surface area contributed by atoms with E-state index in [2.05, 4.69) is 0 Å². The molecule has 0 saturated heterocycles. The third-order valence-corrected chi connectivity index (χ3v) is 3.90. The third kappa shape index (κ3) is 3.42. The normalized spacial score (nSPS) is 23.6. The zero-order valence-electron chi connectivity index (χ0n) is 7.70. The molecule has 0 spiro atoms. The van der Waals surface area contributed by atoms with Crippen LogP contribution in [0.4, 0.5) is 13.2 Å². The topological polar surface area (TPSA) is 26.0 Å².